The van der Waals surface area contributed by atoms with Gasteiger partial charge in [0.05, 0.1) is 26.2 Å². The highest BCUT2D eigenvalue weighted by atomic mass is 16.5. The van der Waals surface area contributed by atoms with E-state index in [1.165, 1.54) is 4.90 Å². The van der Waals surface area contributed by atoms with Crippen LogP contribution in [0.4, 0.5) is 0 Å². The third-order valence-corrected chi connectivity index (χ3v) is 4.99. The number of nitrogens with two attached hydrogens (primary N) is 1. The van der Waals surface area contributed by atoms with Crippen LogP contribution in [-0.2, 0) is 14.3 Å². The SMILES string of the molecule is COc1ccc2c(O[C@@H]3C[C@@H](C(N)=O)N(C(=O)C[C@@H](C)OC)C3)nccc2c1. The van der Waals surface area contributed by atoms with Crippen molar-refractivity contribution in [2.45, 2.75) is 38.0 Å². The number of hydrogen-bond donors (Lipinski definition) is 1. The van der Waals surface area contributed by atoms with Crippen molar-refractivity contribution in [3.63, 3.8) is 0 Å². The molecule has 2 heterocycles. The monoisotopic (exact) mass is 387 g/mol. The Morgan fingerprint density at radius 2 is 2.11 bits per heavy atom. The van der Waals surface area contributed by atoms with Crippen molar-refractivity contribution < 1.29 is 23.8 Å². The number of carbonyl (C=O) groups excluding carboxylic acids is 2. The molecule has 3 rings (SSSR count). The second kappa shape index (κ2) is 8.43. The molecule has 1 aromatic carbocycles. The van der Waals surface area contributed by atoms with Crippen LogP contribution in [0, 0.1) is 0 Å². The average Bonchev–Trinajstić information content (AvgIpc) is 3.12. The van der Waals surface area contributed by atoms with Gasteiger partial charge in [-0.25, -0.2) is 4.98 Å². The minimum Gasteiger partial charge on any atom is -0.497 e. The number of hydrogen-bond acceptors (Lipinski definition) is 6. The number of likely N-dealkylation sites (tertiary alicyclic amines) is 1. The summed E-state index contributed by atoms with van der Waals surface area (Å²) in [6.45, 7) is 2.08. The first-order valence-electron chi connectivity index (χ1n) is 9.14. The van der Waals surface area contributed by atoms with Crippen molar-refractivity contribution in [3.05, 3.63) is 30.5 Å². The number of carbonyl (C=O) groups is 2. The van der Waals surface area contributed by atoms with E-state index in [1.807, 2.05) is 24.3 Å². The summed E-state index contributed by atoms with van der Waals surface area (Å²) in [5.41, 5.74) is 5.52. The predicted molar refractivity (Wildman–Crippen MR) is 103 cm³/mol. The first kappa shape index (κ1) is 19.9. The Balaban J connectivity index is 1.79. The highest BCUT2D eigenvalue weighted by Crippen LogP contribution is 2.30. The highest BCUT2D eigenvalue weighted by molar-refractivity contribution is 5.89. The molecule has 2 aromatic rings. The summed E-state index contributed by atoms with van der Waals surface area (Å²) >= 11 is 0. The van der Waals surface area contributed by atoms with Crippen molar-refractivity contribution in [1.29, 1.82) is 0 Å². The molecule has 28 heavy (non-hydrogen) atoms. The molecular weight excluding hydrogens is 362 g/mol. The first-order valence-corrected chi connectivity index (χ1v) is 9.14. The zero-order valence-electron chi connectivity index (χ0n) is 16.3. The fraction of sp³-hybridized carbons (Fsp3) is 0.450. The Labute approximate surface area is 163 Å². The van der Waals surface area contributed by atoms with Crippen LogP contribution in [-0.4, -0.2) is 60.7 Å². The molecule has 1 aliphatic rings. The molecule has 1 fully saturated rings. The Morgan fingerprint density at radius 1 is 1.32 bits per heavy atom. The molecule has 8 heteroatoms. The van der Waals surface area contributed by atoms with Gasteiger partial charge in [0.15, 0.2) is 0 Å². The van der Waals surface area contributed by atoms with E-state index in [4.69, 9.17) is 19.9 Å². The number of ether oxygens (including phenoxy) is 3. The number of benzene rings is 1. The molecule has 2 amide bonds. The molecule has 0 bridgehead atoms. The normalized spacial score (nSPS) is 20.2. The molecule has 1 aliphatic heterocycles. The smallest absolute Gasteiger partial charge is 0.240 e. The van der Waals surface area contributed by atoms with Gasteiger partial charge in [0, 0.05) is 25.1 Å². The summed E-state index contributed by atoms with van der Waals surface area (Å²) in [5, 5.41) is 1.76. The summed E-state index contributed by atoms with van der Waals surface area (Å²) in [4.78, 5) is 30.2. The van der Waals surface area contributed by atoms with Gasteiger partial charge in [-0.3, -0.25) is 9.59 Å². The van der Waals surface area contributed by atoms with E-state index >= 15 is 0 Å². The molecule has 0 radical (unpaired) electrons. The van der Waals surface area contributed by atoms with Gasteiger partial charge in [0.2, 0.25) is 17.7 Å². The summed E-state index contributed by atoms with van der Waals surface area (Å²) in [6.07, 6.45) is 1.55. The van der Waals surface area contributed by atoms with E-state index < -0.39 is 11.9 Å². The lowest BCUT2D eigenvalue weighted by molar-refractivity contribution is -0.139. The van der Waals surface area contributed by atoms with Crippen molar-refractivity contribution in [1.82, 2.24) is 9.88 Å². The van der Waals surface area contributed by atoms with Crippen molar-refractivity contribution in [3.8, 4) is 11.6 Å². The zero-order valence-corrected chi connectivity index (χ0v) is 16.3. The van der Waals surface area contributed by atoms with Crippen LogP contribution in [0.25, 0.3) is 10.8 Å². The van der Waals surface area contributed by atoms with E-state index in [2.05, 4.69) is 4.98 Å². The molecule has 0 aliphatic carbocycles. The average molecular weight is 387 g/mol. The summed E-state index contributed by atoms with van der Waals surface area (Å²) in [6, 6.07) is 6.77. The van der Waals surface area contributed by atoms with E-state index in [0.29, 0.717) is 12.3 Å². The van der Waals surface area contributed by atoms with Crippen LogP contribution in [0.5, 0.6) is 11.6 Å². The topological polar surface area (TPSA) is 104 Å². The van der Waals surface area contributed by atoms with Crippen LogP contribution in [0.15, 0.2) is 30.5 Å². The van der Waals surface area contributed by atoms with Gasteiger partial charge in [-0.1, -0.05) is 0 Å². The molecule has 0 saturated carbocycles. The molecule has 150 valence electrons. The van der Waals surface area contributed by atoms with E-state index in [0.717, 1.165) is 16.5 Å². The van der Waals surface area contributed by atoms with Crippen LogP contribution in [0.1, 0.15) is 19.8 Å². The number of aromatic nitrogens is 1. The van der Waals surface area contributed by atoms with Gasteiger partial charge in [0.1, 0.15) is 17.9 Å². The second-order valence-corrected chi connectivity index (χ2v) is 6.89. The molecule has 0 spiro atoms. The lowest BCUT2D eigenvalue weighted by Gasteiger charge is -2.23. The number of methoxy groups -OCH3 is 2. The molecule has 8 nitrogen and oxygen atoms in total. The van der Waals surface area contributed by atoms with Gasteiger partial charge < -0.3 is 24.8 Å². The minimum absolute atomic E-state index is 0.180. The van der Waals surface area contributed by atoms with Crippen LogP contribution >= 0.6 is 0 Å². The second-order valence-electron chi connectivity index (χ2n) is 6.89. The molecule has 2 N–H and O–H groups in total. The molecular formula is C20H25N3O5. The fourth-order valence-electron chi connectivity index (χ4n) is 3.38. The predicted octanol–water partition coefficient (Wildman–Crippen LogP) is 1.50. The van der Waals surface area contributed by atoms with Gasteiger partial charge >= 0.3 is 0 Å². The van der Waals surface area contributed by atoms with Crippen molar-refractivity contribution in [2.75, 3.05) is 20.8 Å². The van der Waals surface area contributed by atoms with Gasteiger partial charge in [-0.2, -0.15) is 0 Å². The number of pyridine rings is 1. The van der Waals surface area contributed by atoms with Gasteiger partial charge in [-0.05, 0) is 36.6 Å². The number of fused-ring (bicyclic) bond motifs is 1. The third-order valence-electron chi connectivity index (χ3n) is 4.99. The van der Waals surface area contributed by atoms with E-state index in [1.54, 1.807) is 27.3 Å². The fourth-order valence-corrected chi connectivity index (χ4v) is 3.38. The minimum atomic E-state index is -0.698. The zero-order chi connectivity index (χ0) is 20.3. The van der Waals surface area contributed by atoms with E-state index in [9.17, 15) is 9.59 Å². The van der Waals surface area contributed by atoms with Gasteiger partial charge in [-0.15, -0.1) is 0 Å². The number of primary amides is 1. The summed E-state index contributed by atoms with van der Waals surface area (Å²) < 4.78 is 16.5. The summed E-state index contributed by atoms with van der Waals surface area (Å²) in [7, 11) is 3.15. The maximum atomic E-state index is 12.6. The van der Waals surface area contributed by atoms with E-state index in [-0.39, 0.29) is 31.1 Å². The maximum absolute atomic E-state index is 12.6. The highest BCUT2D eigenvalue weighted by Gasteiger charge is 2.40. The largest absolute Gasteiger partial charge is 0.497 e. The van der Waals surface area contributed by atoms with Crippen LogP contribution in [0.2, 0.25) is 0 Å². The molecule has 3 atom stereocenters. The lowest BCUT2D eigenvalue weighted by Crippen LogP contribution is -2.44. The number of rotatable bonds is 7. The maximum Gasteiger partial charge on any atom is 0.240 e. The standard InChI is InChI=1S/C20H25N3O5/c1-12(26-2)8-18(24)23-11-15(10-17(23)19(21)25)28-20-16-5-4-14(27-3)9-13(16)6-7-22-20/h4-7,9,12,15,17H,8,10-11H2,1-3H3,(H2,21,25)/t12-,15-,17+/m1/s1. The Bertz CT molecular complexity index is 872. The van der Waals surface area contributed by atoms with Crippen LogP contribution in [0.3, 0.4) is 0 Å². The Kier molecular flexibility index (Phi) is 5.99. The lowest BCUT2D eigenvalue weighted by atomic mass is 10.1. The Hall–Kier alpha value is -2.87. The van der Waals surface area contributed by atoms with Crippen LogP contribution < -0.4 is 15.2 Å². The third kappa shape index (κ3) is 4.17. The molecule has 1 aromatic heterocycles. The molecule has 1 saturated heterocycles. The number of nitrogens with zero attached hydrogens (tertiary/aromatic N) is 2. The van der Waals surface area contributed by atoms with Crippen molar-refractivity contribution in [2.24, 2.45) is 5.73 Å². The van der Waals surface area contributed by atoms with Crippen molar-refractivity contribution >= 4 is 22.6 Å². The molecule has 0 unspecified atom stereocenters. The number of amides is 2. The Morgan fingerprint density at radius 3 is 2.79 bits per heavy atom. The summed E-state index contributed by atoms with van der Waals surface area (Å²) in [5.74, 6) is 0.469. The first-order chi connectivity index (χ1) is 13.4. The van der Waals surface area contributed by atoms with Gasteiger partial charge in [0.25, 0.3) is 0 Å². The quantitative estimate of drug-likeness (QED) is 0.772.